The molecule has 8 heteroatoms. The summed E-state index contributed by atoms with van der Waals surface area (Å²) in [4.78, 5) is 10.2. The van der Waals surface area contributed by atoms with Gasteiger partial charge in [-0.1, -0.05) is 5.16 Å². The monoisotopic (exact) mass is 326 g/mol. The molecular weight excluding hydrogens is 309 g/mol. The van der Waals surface area contributed by atoms with E-state index in [0.717, 1.165) is 31.4 Å². The number of piperidine rings is 1. The first-order valence-corrected chi connectivity index (χ1v) is 7.49. The minimum absolute atomic E-state index is 0.383. The van der Waals surface area contributed by atoms with E-state index in [1.54, 1.807) is 6.92 Å². The Morgan fingerprint density at radius 1 is 1.30 bits per heavy atom. The van der Waals surface area contributed by atoms with E-state index in [0.29, 0.717) is 36.5 Å². The second-order valence-electron chi connectivity index (χ2n) is 5.76. The number of hydrogen-bond donors (Lipinski definition) is 0. The Kier molecular flexibility index (Phi) is 4.23. The molecule has 1 fully saturated rings. The van der Waals surface area contributed by atoms with Crippen LogP contribution in [-0.4, -0.2) is 28.2 Å². The predicted molar refractivity (Wildman–Crippen MR) is 76.9 cm³/mol. The van der Waals surface area contributed by atoms with Crippen LogP contribution in [0.25, 0.3) is 0 Å². The topological polar surface area (TPSA) is 55.1 Å². The lowest BCUT2D eigenvalue weighted by Gasteiger charge is -2.32. The van der Waals surface area contributed by atoms with Crippen LogP contribution in [0.15, 0.2) is 22.9 Å². The smallest absolute Gasteiger partial charge is 0.357 e. The van der Waals surface area contributed by atoms with Crippen LogP contribution in [0.5, 0.6) is 0 Å². The van der Waals surface area contributed by atoms with E-state index >= 15 is 0 Å². The highest BCUT2D eigenvalue weighted by Gasteiger charge is 2.31. The van der Waals surface area contributed by atoms with Gasteiger partial charge in [-0.05, 0) is 30.9 Å². The van der Waals surface area contributed by atoms with Gasteiger partial charge in [-0.3, -0.25) is 0 Å². The zero-order valence-corrected chi connectivity index (χ0v) is 12.7. The second-order valence-corrected chi connectivity index (χ2v) is 5.76. The molecule has 0 amide bonds. The van der Waals surface area contributed by atoms with Crippen LogP contribution in [0.1, 0.15) is 30.1 Å². The zero-order valence-electron chi connectivity index (χ0n) is 12.7. The number of alkyl halides is 3. The molecule has 0 N–H and O–H groups in total. The molecule has 5 nitrogen and oxygen atoms in total. The maximum atomic E-state index is 12.8. The summed E-state index contributed by atoms with van der Waals surface area (Å²) in [6, 6.07) is 2.11. The Bertz CT molecular complexity index is 663. The van der Waals surface area contributed by atoms with Gasteiger partial charge >= 0.3 is 6.18 Å². The summed E-state index contributed by atoms with van der Waals surface area (Å²) < 4.78 is 43.3. The number of rotatable bonds is 3. The van der Waals surface area contributed by atoms with Crippen LogP contribution in [0.3, 0.4) is 0 Å². The maximum absolute atomic E-state index is 12.8. The Labute approximate surface area is 131 Å². The zero-order chi connectivity index (χ0) is 16.4. The molecular formula is C15H17F3N4O. The van der Waals surface area contributed by atoms with Gasteiger partial charge in [0, 0.05) is 32.6 Å². The largest absolute Gasteiger partial charge is 0.416 e. The Hall–Kier alpha value is -2.12. The van der Waals surface area contributed by atoms with Gasteiger partial charge in [-0.2, -0.15) is 18.2 Å². The highest BCUT2D eigenvalue weighted by Crippen LogP contribution is 2.32. The fourth-order valence-electron chi connectivity index (χ4n) is 2.82. The SMILES string of the molecule is Cc1nc(CC2CCN(c3cc(C(F)(F)F)ccn3)CC2)no1. The first-order chi connectivity index (χ1) is 10.9. The molecule has 1 saturated heterocycles. The van der Waals surface area contributed by atoms with Crippen molar-refractivity contribution >= 4 is 5.82 Å². The van der Waals surface area contributed by atoms with Crippen molar-refractivity contribution in [2.45, 2.75) is 32.4 Å². The molecule has 124 valence electrons. The number of nitrogens with zero attached hydrogens (tertiary/aromatic N) is 4. The first-order valence-electron chi connectivity index (χ1n) is 7.49. The Balaban J connectivity index is 1.60. The molecule has 0 bridgehead atoms. The molecule has 3 rings (SSSR count). The molecule has 1 aliphatic rings. The van der Waals surface area contributed by atoms with Gasteiger partial charge in [0.05, 0.1) is 5.56 Å². The third-order valence-corrected chi connectivity index (χ3v) is 4.05. The summed E-state index contributed by atoms with van der Waals surface area (Å²) in [6.45, 7) is 3.10. The van der Waals surface area contributed by atoms with E-state index < -0.39 is 11.7 Å². The average molecular weight is 326 g/mol. The van der Waals surface area contributed by atoms with Crippen LogP contribution >= 0.6 is 0 Å². The summed E-state index contributed by atoms with van der Waals surface area (Å²) in [5.74, 6) is 2.03. The maximum Gasteiger partial charge on any atom is 0.416 e. The van der Waals surface area contributed by atoms with Gasteiger partial charge in [0.25, 0.3) is 0 Å². The third kappa shape index (κ3) is 3.80. The van der Waals surface area contributed by atoms with E-state index in [4.69, 9.17) is 4.52 Å². The third-order valence-electron chi connectivity index (χ3n) is 4.05. The molecule has 0 aliphatic carbocycles. The lowest BCUT2D eigenvalue weighted by Crippen LogP contribution is -2.35. The van der Waals surface area contributed by atoms with E-state index in [9.17, 15) is 13.2 Å². The van der Waals surface area contributed by atoms with Crippen molar-refractivity contribution in [2.75, 3.05) is 18.0 Å². The van der Waals surface area contributed by atoms with Crippen LogP contribution in [0.2, 0.25) is 0 Å². The number of halogens is 3. The molecule has 0 unspecified atom stereocenters. The Morgan fingerprint density at radius 3 is 2.65 bits per heavy atom. The molecule has 1 aliphatic heterocycles. The van der Waals surface area contributed by atoms with Crippen molar-refractivity contribution in [2.24, 2.45) is 5.92 Å². The fraction of sp³-hybridized carbons (Fsp3) is 0.533. The van der Waals surface area contributed by atoms with Crippen LogP contribution in [0.4, 0.5) is 19.0 Å². The van der Waals surface area contributed by atoms with Gasteiger partial charge < -0.3 is 9.42 Å². The standard InChI is InChI=1S/C15H17F3N4O/c1-10-20-13(21-23-10)8-11-3-6-22(7-4-11)14-9-12(2-5-19-14)15(16,17)18/h2,5,9,11H,3-4,6-8H2,1H3. The van der Waals surface area contributed by atoms with E-state index in [1.165, 1.54) is 6.20 Å². The fourth-order valence-corrected chi connectivity index (χ4v) is 2.82. The number of anilines is 1. The van der Waals surface area contributed by atoms with Crippen molar-refractivity contribution in [3.8, 4) is 0 Å². The van der Waals surface area contributed by atoms with Gasteiger partial charge in [-0.15, -0.1) is 0 Å². The molecule has 2 aromatic heterocycles. The number of aromatic nitrogens is 3. The Morgan fingerprint density at radius 2 is 2.04 bits per heavy atom. The summed E-state index contributed by atoms with van der Waals surface area (Å²) in [6.07, 6.45) is -0.656. The van der Waals surface area contributed by atoms with Gasteiger partial charge in [0.2, 0.25) is 5.89 Å². The molecule has 23 heavy (non-hydrogen) atoms. The first kappa shape index (κ1) is 15.8. The van der Waals surface area contributed by atoms with Crippen LogP contribution in [0, 0.1) is 12.8 Å². The lowest BCUT2D eigenvalue weighted by atomic mass is 9.93. The normalized spacial score (nSPS) is 16.8. The quantitative estimate of drug-likeness (QED) is 0.866. The van der Waals surface area contributed by atoms with E-state index in [1.807, 2.05) is 4.90 Å². The van der Waals surface area contributed by atoms with E-state index in [2.05, 4.69) is 15.1 Å². The minimum Gasteiger partial charge on any atom is -0.357 e. The van der Waals surface area contributed by atoms with Gasteiger partial charge in [0.1, 0.15) is 5.82 Å². The molecule has 2 aromatic rings. The number of aryl methyl sites for hydroxylation is 1. The lowest BCUT2D eigenvalue weighted by molar-refractivity contribution is -0.137. The molecule has 0 spiro atoms. The van der Waals surface area contributed by atoms with Crippen molar-refractivity contribution in [3.05, 3.63) is 35.6 Å². The molecule has 0 radical (unpaired) electrons. The van der Waals surface area contributed by atoms with Gasteiger partial charge in [-0.25, -0.2) is 4.98 Å². The van der Waals surface area contributed by atoms with Crippen molar-refractivity contribution in [3.63, 3.8) is 0 Å². The summed E-state index contributed by atoms with van der Waals surface area (Å²) in [5.41, 5.74) is -0.660. The van der Waals surface area contributed by atoms with Gasteiger partial charge in [0.15, 0.2) is 5.82 Å². The minimum atomic E-state index is -4.34. The van der Waals surface area contributed by atoms with Crippen molar-refractivity contribution in [1.29, 1.82) is 0 Å². The summed E-state index contributed by atoms with van der Waals surface area (Å²) in [7, 11) is 0. The van der Waals surface area contributed by atoms with Crippen molar-refractivity contribution < 1.29 is 17.7 Å². The molecule has 3 heterocycles. The average Bonchev–Trinajstić information content (AvgIpc) is 2.92. The second kappa shape index (κ2) is 6.17. The predicted octanol–water partition coefficient (Wildman–Crippen LogP) is 3.25. The van der Waals surface area contributed by atoms with E-state index in [-0.39, 0.29) is 0 Å². The highest BCUT2D eigenvalue weighted by atomic mass is 19.4. The van der Waals surface area contributed by atoms with Crippen LogP contribution < -0.4 is 4.90 Å². The number of pyridine rings is 1. The number of hydrogen-bond acceptors (Lipinski definition) is 5. The van der Waals surface area contributed by atoms with Crippen molar-refractivity contribution in [1.82, 2.24) is 15.1 Å². The highest BCUT2D eigenvalue weighted by molar-refractivity contribution is 5.42. The molecule has 0 saturated carbocycles. The molecule has 0 atom stereocenters. The molecule has 0 aromatic carbocycles. The van der Waals surface area contributed by atoms with Crippen LogP contribution in [-0.2, 0) is 12.6 Å². The summed E-state index contributed by atoms with van der Waals surface area (Å²) in [5, 5.41) is 3.89. The summed E-state index contributed by atoms with van der Waals surface area (Å²) >= 11 is 0.